The van der Waals surface area contributed by atoms with E-state index < -0.39 is 0 Å². The van der Waals surface area contributed by atoms with Gasteiger partial charge in [0, 0.05) is 23.5 Å². The van der Waals surface area contributed by atoms with E-state index >= 15 is 0 Å². The minimum absolute atomic E-state index is 0.275. The second-order valence-electron chi connectivity index (χ2n) is 5.88. The van der Waals surface area contributed by atoms with Crippen molar-refractivity contribution in [1.82, 2.24) is 9.97 Å². The predicted octanol–water partition coefficient (Wildman–Crippen LogP) is 4.31. The topological polar surface area (TPSA) is 76.1 Å². The van der Waals surface area contributed by atoms with Gasteiger partial charge in [0.25, 0.3) is 5.91 Å². The summed E-state index contributed by atoms with van der Waals surface area (Å²) in [7, 11) is 1.63. The lowest BCUT2D eigenvalue weighted by Crippen LogP contribution is -2.16. The zero-order valence-corrected chi connectivity index (χ0v) is 15.7. The summed E-state index contributed by atoms with van der Waals surface area (Å²) in [6.45, 7) is 2.41. The van der Waals surface area contributed by atoms with E-state index in [1.54, 1.807) is 37.6 Å². The quantitative estimate of drug-likeness (QED) is 0.664. The average Bonchev–Trinajstić information content (AvgIpc) is 2.69. The number of ether oxygens (including phenoxy) is 1. The van der Waals surface area contributed by atoms with Crippen LogP contribution in [0.2, 0.25) is 5.02 Å². The number of rotatable bonds is 6. The van der Waals surface area contributed by atoms with Gasteiger partial charge < -0.3 is 15.4 Å². The van der Waals surface area contributed by atoms with E-state index in [9.17, 15) is 4.79 Å². The largest absolute Gasteiger partial charge is 0.497 e. The molecule has 2 N–H and O–H groups in total. The number of aromatic nitrogens is 2. The number of nitrogens with one attached hydrogen (secondary N) is 2. The first-order valence-corrected chi connectivity index (χ1v) is 8.70. The SMILES string of the molecule is COc1ccc(CNc2nccc(C(=O)Nc3ccc(Cl)cc3C)n2)cc1. The Labute approximate surface area is 162 Å². The predicted molar refractivity (Wildman–Crippen MR) is 106 cm³/mol. The summed E-state index contributed by atoms with van der Waals surface area (Å²) in [5.74, 6) is 0.868. The van der Waals surface area contributed by atoms with Gasteiger partial charge in [0.2, 0.25) is 5.95 Å². The summed E-state index contributed by atoms with van der Waals surface area (Å²) in [5.41, 5.74) is 2.89. The number of hydrogen-bond donors (Lipinski definition) is 2. The number of carbonyl (C=O) groups is 1. The number of anilines is 2. The number of amides is 1. The highest BCUT2D eigenvalue weighted by atomic mass is 35.5. The van der Waals surface area contributed by atoms with Crippen LogP contribution in [0.25, 0.3) is 0 Å². The molecule has 0 spiro atoms. The molecule has 0 bridgehead atoms. The molecule has 2 aromatic carbocycles. The zero-order valence-electron chi connectivity index (χ0n) is 15.0. The highest BCUT2D eigenvalue weighted by Crippen LogP contribution is 2.20. The van der Waals surface area contributed by atoms with Gasteiger partial charge in [-0.15, -0.1) is 0 Å². The third-order valence-corrected chi connectivity index (χ3v) is 4.17. The molecule has 0 saturated carbocycles. The van der Waals surface area contributed by atoms with Gasteiger partial charge in [-0.05, 0) is 54.4 Å². The number of benzene rings is 2. The Hall–Kier alpha value is -3.12. The third-order valence-electron chi connectivity index (χ3n) is 3.93. The molecule has 3 rings (SSSR count). The first-order chi connectivity index (χ1) is 13.0. The maximum Gasteiger partial charge on any atom is 0.274 e. The monoisotopic (exact) mass is 382 g/mol. The summed E-state index contributed by atoms with van der Waals surface area (Å²) < 4.78 is 5.14. The van der Waals surface area contributed by atoms with Crippen molar-refractivity contribution in [3.63, 3.8) is 0 Å². The minimum Gasteiger partial charge on any atom is -0.497 e. The molecule has 27 heavy (non-hydrogen) atoms. The van der Waals surface area contributed by atoms with Crippen LogP contribution in [0.3, 0.4) is 0 Å². The van der Waals surface area contributed by atoms with Crippen molar-refractivity contribution in [2.75, 3.05) is 17.7 Å². The van der Waals surface area contributed by atoms with Crippen LogP contribution in [0.5, 0.6) is 5.75 Å². The molecule has 0 aliphatic rings. The summed E-state index contributed by atoms with van der Waals surface area (Å²) >= 11 is 5.94. The van der Waals surface area contributed by atoms with Crippen LogP contribution in [0.4, 0.5) is 11.6 Å². The Balaban J connectivity index is 1.66. The molecule has 1 amide bonds. The Morgan fingerprint density at radius 1 is 1.15 bits per heavy atom. The molecule has 1 aromatic heterocycles. The van der Waals surface area contributed by atoms with Gasteiger partial charge in [-0.3, -0.25) is 4.79 Å². The van der Waals surface area contributed by atoms with E-state index in [-0.39, 0.29) is 11.6 Å². The van der Waals surface area contributed by atoms with E-state index in [0.29, 0.717) is 23.2 Å². The van der Waals surface area contributed by atoms with Crippen LogP contribution in [0.1, 0.15) is 21.6 Å². The number of nitrogens with zero attached hydrogens (tertiary/aromatic N) is 2. The fourth-order valence-corrected chi connectivity index (χ4v) is 2.68. The summed E-state index contributed by atoms with van der Waals surface area (Å²) in [5, 5.41) is 6.58. The second kappa shape index (κ2) is 8.51. The highest BCUT2D eigenvalue weighted by molar-refractivity contribution is 6.30. The molecule has 0 radical (unpaired) electrons. The molecule has 138 valence electrons. The van der Waals surface area contributed by atoms with Crippen LogP contribution in [-0.2, 0) is 6.54 Å². The normalized spacial score (nSPS) is 10.3. The molecule has 0 atom stereocenters. The average molecular weight is 383 g/mol. The van der Waals surface area contributed by atoms with Crippen LogP contribution in [0.15, 0.2) is 54.7 Å². The molecule has 0 saturated heterocycles. The lowest BCUT2D eigenvalue weighted by atomic mass is 10.2. The third kappa shape index (κ3) is 4.95. The standard InChI is InChI=1S/C20H19ClN4O2/c1-13-11-15(21)5-8-17(13)24-19(26)18-9-10-22-20(25-18)23-12-14-3-6-16(27-2)7-4-14/h3-11H,12H2,1-2H3,(H,24,26)(H,22,23,25). The van der Waals surface area contributed by atoms with Crippen molar-refractivity contribution in [3.8, 4) is 5.75 Å². The van der Waals surface area contributed by atoms with Crippen molar-refractivity contribution in [2.24, 2.45) is 0 Å². The Morgan fingerprint density at radius 3 is 2.63 bits per heavy atom. The van der Waals surface area contributed by atoms with Crippen molar-refractivity contribution < 1.29 is 9.53 Å². The number of aryl methyl sites for hydroxylation is 1. The van der Waals surface area contributed by atoms with Gasteiger partial charge in [-0.25, -0.2) is 9.97 Å². The second-order valence-corrected chi connectivity index (χ2v) is 6.32. The first-order valence-electron chi connectivity index (χ1n) is 8.32. The summed E-state index contributed by atoms with van der Waals surface area (Å²) in [6.07, 6.45) is 1.55. The fourth-order valence-electron chi connectivity index (χ4n) is 2.45. The maximum atomic E-state index is 12.5. The number of methoxy groups -OCH3 is 1. The van der Waals surface area contributed by atoms with Crippen molar-refractivity contribution in [3.05, 3.63) is 76.6 Å². The molecule has 1 heterocycles. The van der Waals surface area contributed by atoms with Crippen LogP contribution < -0.4 is 15.4 Å². The molecular formula is C20H19ClN4O2. The molecule has 0 unspecified atom stereocenters. The van der Waals surface area contributed by atoms with Crippen LogP contribution >= 0.6 is 11.6 Å². The summed E-state index contributed by atoms with van der Waals surface area (Å²) in [6, 6.07) is 14.5. The van der Waals surface area contributed by atoms with Gasteiger partial charge in [0.05, 0.1) is 7.11 Å². The molecular weight excluding hydrogens is 364 g/mol. The molecule has 3 aromatic rings. The first kappa shape index (κ1) is 18.7. The van der Waals surface area contributed by atoms with E-state index in [0.717, 1.165) is 16.9 Å². The lowest BCUT2D eigenvalue weighted by molar-refractivity contribution is 0.102. The maximum absolute atomic E-state index is 12.5. The summed E-state index contributed by atoms with van der Waals surface area (Å²) in [4.78, 5) is 20.9. The van der Waals surface area contributed by atoms with E-state index in [2.05, 4.69) is 20.6 Å². The zero-order chi connectivity index (χ0) is 19.2. The van der Waals surface area contributed by atoms with E-state index in [1.807, 2.05) is 31.2 Å². The van der Waals surface area contributed by atoms with Crippen LogP contribution in [0, 0.1) is 6.92 Å². The Morgan fingerprint density at radius 2 is 1.93 bits per heavy atom. The molecule has 7 heteroatoms. The van der Waals surface area contributed by atoms with E-state index in [1.165, 1.54) is 0 Å². The van der Waals surface area contributed by atoms with E-state index in [4.69, 9.17) is 16.3 Å². The van der Waals surface area contributed by atoms with Crippen molar-refractivity contribution in [1.29, 1.82) is 0 Å². The van der Waals surface area contributed by atoms with Gasteiger partial charge in [-0.1, -0.05) is 23.7 Å². The Bertz CT molecular complexity index is 945. The van der Waals surface area contributed by atoms with Gasteiger partial charge in [-0.2, -0.15) is 0 Å². The van der Waals surface area contributed by atoms with Crippen molar-refractivity contribution >= 4 is 29.1 Å². The molecule has 0 fully saturated rings. The number of halogens is 1. The molecule has 0 aliphatic carbocycles. The lowest BCUT2D eigenvalue weighted by Gasteiger charge is -2.10. The Kier molecular flexibility index (Phi) is 5.88. The smallest absolute Gasteiger partial charge is 0.274 e. The molecule has 0 aliphatic heterocycles. The minimum atomic E-state index is -0.310. The fraction of sp³-hybridized carbons (Fsp3) is 0.150. The molecule has 6 nitrogen and oxygen atoms in total. The van der Waals surface area contributed by atoms with Gasteiger partial charge in [0.1, 0.15) is 11.4 Å². The van der Waals surface area contributed by atoms with Crippen molar-refractivity contribution in [2.45, 2.75) is 13.5 Å². The number of carbonyl (C=O) groups excluding carboxylic acids is 1. The number of hydrogen-bond acceptors (Lipinski definition) is 5. The van der Waals surface area contributed by atoms with Gasteiger partial charge in [0.15, 0.2) is 0 Å². The highest BCUT2D eigenvalue weighted by Gasteiger charge is 2.11. The van der Waals surface area contributed by atoms with Gasteiger partial charge >= 0.3 is 0 Å². The van der Waals surface area contributed by atoms with Crippen LogP contribution in [-0.4, -0.2) is 23.0 Å².